The fraction of sp³-hybridized carbons (Fsp3) is 0.533. The number of carbonyl (C=O) groups is 1. The lowest BCUT2D eigenvalue weighted by atomic mass is 10.0. The standard InChI is InChI=1S/C15H22N2O2/c18-15(19)16-10-7-13-17(11-5-2-6-12-17)14-8-3-1-4-9-14/h1,3-4,8-9,16H,2,5-7,10-13H2. The summed E-state index contributed by atoms with van der Waals surface area (Å²) in [7, 11) is 0. The molecule has 1 N–H and O–H groups in total. The highest BCUT2D eigenvalue weighted by molar-refractivity contribution is 5.61. The number of likely N-dealkylation sites (tertiary alicyclic amines) is 1. The molecule has 104 valence electrons. The van der Waals surface area contributed by atoms with Crippen molar-refractivity contribution < 1.29 is 9.90 Å². The number of amides is 1. The van der Waals surface area contributed by atoms with Gasteiger partial charge in [-0.1, -0.05) is 18.2 Å². The van der Waals surface area contributed by atoms with Crippen LogP contribution in [0.2, 0.25) is 0 Å². The first-order valence-electron chi connectivity index (χ1n) is 7.09. The van der Waals surface area contributed by atoms with Gasteiger partial charge >= 0.3 is 0 Å². The zero-order valence-corrected chi connectivity index (χ0v) is 11.3. The zero-order chi connectivity index (χ0) is 13.6. The summed E-state index contributed by atoms with van der Waals surface area (Å²) in [4.78, 5) is 10.4. The summed E-state index contributed by atoms with van der Waals surface area (Å²) >= 11 is 0. The number of nitrogens with one attached hydrogen (secondary N) is 1. The molecule has 0 aliphatic carbocycles. The van der Waals surface area contributed by atoms with E-state index < -0.39 is 6.09 Å². The van der Waals surface area contributed by atoms with Crippen molar-refractivity contribution in [3.8, 4) is 0 Å². The van der Waals surface area contributed by atoms with E-state index in [1.54, 1.807) is 0 Å². The number of hydrogen-bond donors (Lipinski definition) is 1. The van der Waals surface area contributed by atoms with Gasteiger partial charge in [-0.25, -0.2) is 0 Å². The second kappa shape index (κ2) is 6.57. The number of hydrogen-bond acceptors (Lipinski definition) is 2. The van der Waals surface area contributed by atoms with Crippen LogP contribution >= 0.6 is 0 Å². The molecule has 0 spiro atoms. The number of rotatable bonds is 5. The van der Waals surface area contributed by atoms with Gasteiger partial charge in [0.2, 0.25) is 0 Å². The second-order valence-corrected chi connectivity index (χ2v) is 5.28. The summed E-state index contributed by atoms with van der Waals surface area (Å²) in [5.74, 6) is 0. The van der Waals surface area contributed by atoms with Crippen molar-refractivity contribution in [2.45, 2.75) is 25.7 Å². The lowest BCUT2D eigenvalue weighted by molar-refractivity contribution is -0.250. The van der Waals surface area contributed by atoms with Gasteiger partial charge in [0.05, 0.1) is 19.6 Å². The first kappa shape index (κ1) is 13.9. The largest absolute Gasteiger partial charge is 0.530 e. The first-order chi connectivity index (χ1) is 9.23. The monoisotopic (exact) mass is 262 g/mol. The van der Waals surface area contributed by atoms with Crippen LogP contribution in [0.15, 0.2) is 30.3 Å². The van der Waals surface area contributed by atoms with Gasteiger partial charge in [-0.15, -0.1) is 0 Å². The number of piperidine rings is 1. The van der Waals surface area contributed by atoms with E-state index in [4.69, 9.17) is 0 Å². The Morgan fingerprint density at radius 2 is 1.84 bits per heavy atom. The Morgan fingerprint density at radius 1 is 1.16 bits per heavy atom. The van der Waals surface area contributed by atoms with Crippen LogP contribution in [0.1, 0.15) is 25.7 Å². The molecular formula is C15H22N2O2. The molecule has 0 radical (unpaired) electrons. The molecule has 1 saturated heterocycles. The Labute approximate surface area is 114 Å². The van der Waals surface area contributed by atoms with Gasteiger partial charge in [0, 0.05) is 13.0 Å². The van der Waals surface area contributed by atoms with Crippen LogP contribution in [0.3, 0.4) is 0 Å². The maximum Gasteiger partial charge on any atom is 0.134 e. The van der Waals surface area contributed by atoms with E-state index in [0.29, 0.717) is 6.54 Å². The third kappa shape index (κ3) is 3.70. The van der Waals surface area contributed by atoms with Gasteiger partial charge in [0.1, 0.15) is 11.8 Å². The average Bonchev–Trinajstić information content (AvgIpc) is 2.45. The molecule has 4 heteroatoms. The minimum Gasteiger partial charge on any atom is -0.530 e. The van der Waals surface area contributed by atoms with E-state index in [-0.39, 0.29) is 0 Å². The second-order valence-electron chi connectivity index (χ2n) is 5.28. The smallest absolute Gasteiger partial charge is 0.134 e. The van der Waals surface area contributed by atoms with Gasteiger partial charge in [-0.2, -0.15) is 0 Å². The van der Waals surface area contributed by atoms with E-state index >= 15 is 0 Å². The number of carboxylic acid groups (broad SMARTS) is 1. The highest BCUT2D eigenvalue weighted by Crippen LogP contribution is 2.28. The number of nitrogens with zero attached hydrogens (tertiary/aromatic N) is 1. The molecule has 1 aliphatic heterocycles. The van der Waals surface area contributed by atoms with Crippen molar-refractivity contribution in [1.29, 1.82) is 0 Å². The van der Waals surface area contributed by atoms with E-state index in [0.717, 1.165) is 30.5 Å². The number of carbonyl (C=O) groups excluding carboxylic acids is 1. The van der Waals surface area contributed by atoms with Crippen LogP contribution in [0, 0.1) is 0 Å². The molecule has 0 aromatic heterocycles. The summed E-state index contributed by atoms with van der Waals surface area (Å²) in [5.41, 5.74) is 1.36. The summed E-state index contributed by atoms with van der Waals surface area (Å²) in [5, 5.41) is 12.7. The Bertz CT molecular complexity index is 400. The van der Waals surface area contributed by atoms with Gasteiger partial charge in [-0.3, -0.25) is 4.48 Å². The van der Waals surface area contributed by atoms with Gasteiger partial charge in [0.15, 0.2) is 0 Å². The van der Waals surface area contributed by atoms with Gasteiger partial charge in [-0.05, 0) is 31.4 Å². The van der Waals surface area contributed by atoms with Crippen molar-refractivity contribution in [2.24, 2.45) is 0 Å². The van der Waals surface area contributed by atoms with Crippen molar-refractivity contribution >= 4 is 11.8 Å². The maximum atomic E-state index is 10.4. The molecule has 0 atom stereocenters. The minimum absolute atomic E-state index is 0.481. The molecule has 2 rings (SSSR count). The van der Waals surface area contributed by atoms with Crippen molar-refractivity contribution in [2.75, 3.05) is 26.2 Å². The van der Waals surface area contributed by atoms with Crippen molar-refractivity contribution in [3.05, 3.63) is 30.3 Å². The Balaban J connectivity index is 2.01. The van der Waals surface area contributed by atoms with E-state index in [2.05, 4.69) is 29.6 Å². The fourth-order valence-corrected chi connectivity index (χ4v) is 3.04. The molecule has 0 saturated carbocycles. The molecule has 1 aromatic rings. The lowest BCUT2D eigenvalue weighted by Gasteiger charge is -2.41. The molecule has 1 aromatic carbocycles. The maximum absolute atomic E-state index is 10.4. The van der Waals surface area contributed by atoms with Crippen molar-refractivity contribution in [1.82, 2.24) is 9.80 Å². The predicted octanol–water partition coefficient (Wildman–Crippen LogP) is 1.50. The number of quaternary nitrogens is 1. The van der Waals surface area contributed by atoms with Crippen LogP contribution in [0.25, 0.3) is 0 Å². The molecular weight excluding hydrogens is 240 g/mol. The van der Waals surface area contributed by atoms with E-state index in [1.165, 1.54) is 24.9 Å². The SMILES string of the molecule is O=C([O-])NCCC[N+]1(c2ccccc2)CCCCC1. The molecule has 1 heterocycles. The van der Waals surface area contributed by atoms with Crippen LogP contribution in [0.4, 0.5) is 10.5 Å². The first-order valence-corrected chi connectivity index (χ1v) is 7.09. The Hall–Kier alpha value is -1.55. The van der Waals surface area contributed by atoms with Gasteiger partial charge in [0.25, 0.3) is 0 Å². The molecule has 1 aliphatic rings. The predicted molar refractivity (Wildman–Crippen MR) is 74.7 cm³/mol. The third-order valence-electron chi connectivity index (χ3n) is 4.01. The minimum atomic E-state index is -1.18. The normalized spacial score (nSPS) is 17.9. The quantitative estimate of drug-likeness (QED) is 0.646. The summed E-state index contributed by atoms with van der Waals surface area (Å²) in [6.07, 6.45) is 3.49. The Morgan fingerprint density at radius 3 is 2.47 bits per heavy atom. The molecule has 1 fully saturated rings. The van der Waals surface area contributed by atoms with Crippen LogP contribution in [-0.2, 0) is 0 Å². The molecule has 1 amide bonds. The molecule has 19 heavy (non-hydrogen) atoms. The number of benzene rings is 1. The Kier molecular flexibility index (Phi) is 4.80. The van der Waals surface area contributed by atoms with Crippen molar-refractivity contribution in [3.63, 3.8) is 0 Å². The third-order valence-corrected chi connectivity index (χ3v) is 4.01. The van der Waals surface area contributed by atoms with Crippen LogP contribution < -0.4 is 14.9 Å². The van der Waals surface area contributed by atoms with Crippen LogP contribution in [-0.4, -0.2) is 32.3 Å². The van der Waals surface area contributed by atoms with Gasteiger partial charge < -0.3 is 15.2 Å². The fourth-order valence-electron chi connectivity index (χ4n) is 3.04. The molecule has 0 bridgehead atoms. The van der Waals surface area contributed by atoms with Crippen LogP contribution in [0.5, 0.6) is 0 Å². The zero-order valence-electron chi connectivity index (χ0n) is 11.3. The van der Waals surface area contributed by atoms with E-state index in [9.17, 15) is 9.90 Å². The van der Waals surface area contributed by atoms with E-state index in [1.807, 2.05) is 6.07 Å². The topological polar surface area (TPSA) is 52.2 Å². The summed E-state index contributed by atoms with van der Waals surface area (Å²) in [6, 6.07) is 10.6. The number of para-hydroxylation sites is 1. The molecule has 0 unspecified atom stereocenters. The lowest BCUT2D eigenvalue weighted by Crippen LogP contribution is -2.54. The summed E-state index contributed by atoms with van der Waals surface area (Å²) in [6.45, 7) is 3.80. The average molecular weight is 262 g/mol. The highest BCUT2D eigenvalue weighted by Gasteiger charge is 2.31. The molecule has 4 nitrogen and oxygen atoms in total. The highest BCUT2D eigenvalue weighted by atomic mass is 16.4. The summed E-state index contributed by atoms with van der Waals surface area (Å²) < 4.78 is 0.996.